The van der Waals surface area contributed by atoms with Gasteiger partial charge in [-0.2, -0.15) is 0 Å². The number of rotatable bonds is 5. The monoisotopic (exact) mass is 260 g/mol. The van der Waals surface area contributed by atoms with Crippen LogP contribution in [0.1, 0.15) is 25.7 Å². The van der Waals surface area contributed by atoms with Gasteiger partial charge in [0.1, 0.15) is 12.4 Å². The van der Waals surface area contributed by atoms with E-state index in [0.717, 1.165) is 37.0 Å². The number of hydrogen-bond acceptors (Lipinski definition) is 3. The third kappa shape index (κ3) is 3.28. The number of nitrogens with zero attached hydrogens (tertiary/aromatic N) is 1. The summed E-state index contributed by atoms with van der Waals surface area (Å²) < 4.78 is 5.78. The molecule has 0 aromatic heterocycles. The summed E-state index contributed by atoms with van der Waals surface area (Å²) in [5, 5.41) is 3.70. The maximum Gasteiger partial charge on any atom is 0.119 e. The normalized spacial score (nSPS) is 29.7. The summed E-state index contributed by atoms with van der Waals surface area (Å²) in [7, 11) is 2.24. The molecule has 2 heterocycles. The fraction of sp³-hybridized carbons (Fsp3) is 0.625. The molecular formula is C16H24N2O. The summed E-state index contributed by atoms with van der Waals surface area (Å²) >= 11 is 0. The first-order chi connectivity index (χ1) is 9.31. The van der Waals surface area contributed by atoms with E-state index in [-0.39, 0.29) is 0 Å². The molecule has 3 nitrogen and oxygen atoms in total. The van der Waals surface area contributed by atoms with E-state index < -0.39 is 0 Å². The molecule has 19 heavy (non-hydrogen) atoms. The molecule has 2 atom stereocenters. The van der Waals surface area contributed by atoms with Crippen molar-refractivity contribution in [1.29, 1.82) is 0 Å². The Labute approximate surface area is 115 Å². The standard InChI is InChI=1S/C16H24N2O/c1-18(9-10-19-16-5-3-2-4-6-16)15-11-13-7-8-14(12-15)17-13/h2-6,13-15,17H,7-12H2,1H3. The van der Waals surface area contributed by atoms with Crippen LogP contribution in [0.15, 0.2) is 30.3 Å². The highest BCUT2D eigenvalue weighted by atomic mass is 16.5. The first-order valence-electron chi connectivity index (χ1n) is 7.45. The van der Waals surface area contributed by atoms with Gasteiger partial charge in [-0.15, -0.1) is 0 Å². The second-order valence-corrected chi connectivity index (χ2v) is 5.91. The van der Waals surface area contributed by atoms with Crippen molar-refractivity contribution >= 4 is 0 Å². The Morgan fingerprint density at radius 1 is 1.16 bits per heavy atom. The Bertz CT molecular complexity index is 383. The summed E-state index contributed by atoms with van der Waals surface area (Å²) in [6.45, 7) is 1.79. The maximum atomic E-state index is 5.78. The number of fused-ring (bicyclic) bond motifs is 2. The van der Waals surface area contributed by atoms with Gasteiger partial charge in [-0.1, -0.05) is 18.2 Å². The molecule has 2 fully saturated rings. The number of ether oxygens (including phenoxy) is 1. The lowest BCUT2D eigenvalue weighted by Crippen LogP contribution is -2.47. The van der Waals surface area contributed by atoms with E-state index in [1.165, 1.54) is 25.7 Å². The van der Waals surface area contributed by atoms with Crippen LogP contribution in [0.3, 0.4) is 0 Å². The summed E-state index contributed by atoms with van der Waals surface area (Å²) in [5.41, 5.74) is 0. The predicted octanol–water partition coefficient (Wildman–Crippen LogP) is 2.28. The van der Waals surface area contributed by atoms with Crippen molar-refractivity contribution in [3.8, 4) is 5.75 Å². The Kier molecular flexibility index (Phi) is 4.04. The van der Waals surface area contributed by atoms with Crippen LogP contribution < -0.4 is 10.1 Å². The lowest BCUT2D eigenvalue weighted by Gasteiger charge is -2.35. The van der Waals surface area contributed by atoms with Gasteiger partial charge < -0.3 is 10.1 Å². The van der Waals surface area contributed by atoms with Gasteiger partial charge in [-0.3, -0.25) is 4.90 Å². The second-order valence-electron chi connectivity index (χ2n) is 5.91. The SMILES string of the molecule is CN(CCOc1ccccc1)C1CC2CCC(C1)N2. The van der Waals surface area contributed by atoms with Crippen LogP contribution in [0.25, 0.3) is 0 Å². The largest absolute Gasteiger partial charge is 0.492 e. The van der Waals surface area contributed by atoms with E-state index in [2.05, 4.69) is 17.3 Å². The van der Waals surface area contributed by atoms with Crippen LogP contribution >= 0.6 is 0 Å². The Morgan fingerprint density at radius 2 is 1.84 bits per heavy atom. The van der Waals surface area contributed by atoms with Crippen molar-refractivity contribution in [3.05, 3.63) is 30.3 Å². The average molecular weight is 260 g/mol. The summed E-state index contributed by atoms with van der Waals surface area (Å²) in [5.74, 6) is 0.973. The first-order valence-corrected chi connectivity index (χ1v) is 7.45. The highest BCUT2D eigenvalue weighted by Gasteiger charge is 2.34. The minimum Gasteiger partial charge on any atom is -0.492 e. The van der Waals surface area contributed by atoms with Gasteiger partial charge in [0.05, 0.1) is 0 Å². The molecule has 1 aromatic carbocycles. The molecule has 0 aliphatic carbocycles. The lowest BCUT2D eigenvalue weighted by molar-refractivity contribution is 0.147. The molecule has 1 aromatic rings. The van der Waals surface area contributed by atoms with E-state index >= 15 is 0 Å². The third-order valence-electron chi connectivity index (χ3n) is 4.53. The molecule has 0 spiro atoms. The average Bonchev–Trinajstić information content (AvgIpc) is 2.78. The van der Waals surface area contributed by atoms with Crippen molar-refractivity contribution in [1.82, 2.24) is 10.2 Å². The van der Waals surface area contributed by atoms with Crippen LogP contribution in [-0.4, -0.2) is 43.2 Å². The van der Waals surface area contributed by atoms with Gasteiger partial charge in [0.25, 0.3) is 0 Å². The van der Waals surface area contributed by atoms with Crippen LogP contribution in [0.4, 0.5) is 0 Å². The number of hydrogen-bond donors (Lipinski definition) is 1. The number of benzene rings is 1. The highest BCUT2D eigenvalue weighted by molar-refractivity contribution is 5.20. The van der Waals surface area contributed by atoms with Gasteiger partial charge in [0.2, 0.25) is 0 Å². The molecule has 2 saturated heterocycles. The zero-order valence-corrected chi connectivity index (χ0v) is 11.7. The topological polar surface area (TPSA) is 24.5 Å². The van der Waals surface area contributed by atoms with Crippen molar-refractivity contribution in [3.63, 3.8) is 0 Å². The molecule has 3 rings (SSSR count). The van der Waals surface area contributed by atoms with E-state index in [9.17, 15) is 0 Å². The fourth-order valence-electron chi connectivity index (χ4n) is 3.39. The van der Waals surface area contributed by atoms with E-state index in [1.807, 2.05) is 30.3 Å². The molecule has 2 bridgehead atoms. The Morgan fingerprint density at radius 3 is 2.53 bits per heavy atom. The third-order valence-corrected chi connectivity index (χ3v) is 4.53. The summed E-state index contributed by atoms with van der Waals surface area (Å²) in [6.07, 6.45) is 5.35. The van der Waals surface area contributed by atoms with Crippen molar-refractivity contribution in [2.24, 2.45) is 0 Å². The molecule has 0 radical (unpaired) electrons. The number of para-hydroxylation sites is 1. The van der Waals surface area contributed by atoms with Gasteiger partial charge in [-0.25, -0.2) is 0 Å². The smallest absolute Gasteiger partial charge is 0.119 e. The molecular weight excluding hydrogens is 236 g/mol. The van der Waals surface area contributed by atoms with Gasteiger partial charge >= 0.3 is 0 Å². The van der Waals surface area contributed by atoms with Crippen molar-refractivity contribution in [2.75, 3.05) is 20.2 Å². The van der Waals surface area contributed by atoms with Crippen LogP contribution in [-0.2, 0) is 0 Å². The van der Waals surface area contributed by atoms with E-state index in [0.29, 0.717) is 0 Å². The fourth-order valence-corrected chi connectivity index (χ4v) is 3.39. The van der Waals surface area contributed by atoms with Crippen LogP contribution in [0, 0.1) is 0 Å². The lowest BCUT2D eigenvalue weighted by atomic mass is 9.99. The van der Waals surface area contributed by atoms with Crippen molar-refractivity contribution in [2.45, 2.75) is 43.8 Å². The minimum absolute atomic E-state index is 0.734. The molecule has 2 aliphatic heterocycles. The predicted molar refractivity (Wildman–Crippen MR) is 77.5 cm³/mol. The minimum atomic E-state index is 0.734. The molecule has 0 saturated carbocycles. The Balaban J connectivity index is 1.43. The zero-order valence-electron chi connectivity index (χ0n) is 11.7. The number of likely N-dealkylation sites (N-methyl/N-ethyl adjacent to an activating group) is 1. The maximum absolute atomic E-state index is 5.78. The molecule has 3 heteroatoms. The van der Waals surface area contributed by atoms with Crippen LogP contribution in [0.5, 0.6) is 5.75 Å². The molecule has 2 aliphatic rings. The second kappa shape index (κ2) is 5.93. The molecule has 2 unspecified atom stereocenters. The zero-order chi connectivity index (χ0) is 13.1. The van der Waals surface area contributed by atoms with Gasteiger partial charge in [-0.05, 0) is 44.9 Å². The molecule has 0 amide bonds. The van der Waals surface area contributed by atoms with Gasteiger partial charge in [0, 0.05) is 24.7 Å². The summed E-state index contributed by atoms with van der Waals surface area (Å²) in [6, 6.07) is 12.4. The quantitative estimate of drug-likeness (QED) is 0.879. The number of nitrogens with one attached hydrogen (secondary N) is 1. The molecule has 104 valence electrons. The van der Waals surface area contributed by atoms with E-state index in [4.69, 9.17) is 4.74 Å². The van der Waals surface area contributed by atoms with E-state index in [1.54, 1.807) is 0 Å². The van der Waals surface area contributed by atoms with Gasteiger partial charge in [0.15, 0.2) is 0 Å². The highest BCUT2D eigenvalue weighted by Crippen LogP contribution is 2.29. The van der Waals surface area contributed by atoms with Crippen LogP contribution in [0.2, 0.25) is 0 Å². The Hall–Kier alpha value is -1.06. The van der Waals surface area contributed by atoms with Crippen molar-refractivity contribution < 1.29 is 4.74 Å². The first kappa shape index (κ1) is 12.9. The number of piperidine rings is 1. The molecule has 1 N–H and O–H groups in total. The summed E-state index contributed by atoms with van der Waals surface area (Å²) in [4.78, 5) is 2.48.